The highest BCUT2D eigenvalue weighted by atomic mass is 16.6. The van der Waals surface area contributed by atoms with E-state index < -0.39 is 10.8 Å². The van der Waals surface area contributed by atoms with E-state index in [1.54, 1.807) is 24.3 Å². The fourth-order valence-corrected chi connectivity index (χ4v) is 1.48. The van der Waals surface area contributed by atoms with Gasteiger partial charge in [-0.25, -0.2) is 9.97 Å². The second kappa shape index (κ2) is 6.19. The van der Waals surface area contributed by atoms with E-state index in [2.05, 4.69) is 15.3 Å². The van der Waals surface area contributed by atoms with Crippen molar-refractivity contribution < 1.29 is 9.72 Å². The van der Waals surface area contributed by atoms with E-state index in [1.165, 1.54) is 30.6 Å². The molecule has 0 saturated heterocycles. The molecular formula is C13H10N4O3. The molecule has 7 nitrogen and oxygen atoms in total. The third-order valence-electron chi connectivity index (χ3n) is 2.35. The number of aromatic nitrogens is 2. The summed E-state index contributed by atoms with van der Waals surface area (Å²) in [6.07, 6.45) is 5.55. The highest BCUT2D eigenvalue weighted by Gasteiger charge is 2.09. The zero-order valence-corrected chi connectivity index (χ0v) is 10.3. The van der Waals surface area contributed by atoms with Crippen LogP contribution in [0, 0.1) is 10.1 Å². The monoisotopic (exact) mass is 270 g/mol. The van der Waals surface area contributed by atoms with E-state index >= 15 is 0 Å². The van der Waals surface area contributed by atoms with Gasteiger partial charge in [-0.1, -0.05) is 12.1 Å². The number of carbonyl (C=O) groups excluding carboxylic acids is 1. The normalized spacial score (nSPS) is 10.4. The van der Waals surface area contributed by atoms with Crippen LogP contribution in [0.15, 0.2) is 48.8 Å². The Hall–Kier alpha value is -3.09. The molecule has 0 saturated carbocycles. The number of amides is 1. The van der Waals surface area contributed by atoms with E-state index in [0.29, 0.717) is 5.56 Å². The molecule has 0 aliphatic carbocycles. The Balaban J connectivity index is 2.10. The van der Waals surface area contributed by atoms with E-state index in [4.69, 9.17) is 0 Å². The summed E-state index contributed by atoms with van der Waals surface area (Å²) in [4.78, 5) is 29.6. The van der Waals surface area contributed by atoms with Crippen molar-refractivity contribution in [3.63, 3.8) is 0 Å². The molecule has 0 spiro atoms. The van der Waals surface area contributed by atoms with Gasteiger partial charge in [-0.2, -0.15) is 0 Å². The molecule has 1 amide bonds. The zero-order valence-electron chi connectivity index (χ0n) is 10.3. The van der Waals surface area contributed by atoms with Crippen molar-refractivity contribution in [1.29, 1.82) is 0 Å². The van der Waals surface area contributed by atoms with E-state index in [1.807, 2.05) is 0 Å². The molecular weight excluding hydrogens is 260 g/mol. The summed E-state index contributed by atoms with van der Waals surface area (Å²) in [5.74, 6) is -0.293. The Morgan fingerprint density at radius 1 is 1.20 bits per heavy atom. The Bertz CT molecular complexity index is 656. The van der Waals surface area contributed by atoms with Gasteiger partial charge >= 0.3 is 0 Å². The molecule has 0 atom stereocenters. The van der Waals surface area contributed by atoms with Crippen molar-refractivity contribution in [1.82, 2.24) is 9.97 Å². The van der Waals surface area contributed by atoms with E-state index in [9.17, 15) is 14.9 Å². The summed E-state index contributed by atoms with van der Waals surface area (Å²) in [7, 11) is 0. The number of anilines is 1. The highest BCUT2D eigenvalue weighted by molar-refractivity contribution is 6.01. The zero-order chi connectivity index (χ0) is 14.4. The van der Waals surface area contributed by atoms with Crippen LogP contribution in [0.4, 0.5) is 11.6 Å². The molecule has 0 fully saturated rings. The number of rotatable bonds is 4. The lowest BCUT2D eigenvalue weighted by molar-refractivity contribution is -0.385. The van der Waals surface area contributed by atoms with Crippen molar-refractivity contribution in [3.8, 4) is 0 Å². The van der Waals surface area contributed by atoms with E-state index in [0.717, 1.165) is 0 Å². The number of nitrogens with one attached hydrogen (secondary N) is 1. The lowest BCUT2D eigenvalue weighted by atomic mass is 10.1. The van der Waals surface area contributed by atoms with Crippen LogP contribution >= 0.6 is 0 Å². The maximum absolute atomic E-state index is 11.6. The third-order valence-corrected chi connectivity index (χ3v) is 2.35. The fourth-order valence-electron chi connectivity index (χ4n) is 1.48. The predicted molar refractivity (Wildman–Crippen MR) is 72.8 cm³/mol. The van der Waals surface area contributed by atoms with Gasteiger partial charge in [0.1, 0.15) is 0 Å². The van der Waals surface area contributed by atoms with Crippen molar-refractivity contribution in [3.05, 3.63) is 64.5 Å². The second-order valence-electron chi connectivity index (χ2n) is 3.71. The lowest BCUT2D eigenvalue weighted by Crippen LogP contribution is -2.10. The molecule has 2 rings (SSSR count). The van der Waals surface area contributed by atoms with Gasteiger partial charge in [-0.3, -0.25) is 20.2 Å². The number of para-hydroxylation sites is 1. The first-order valence-corrected chi connectivity index (χ1v) is 5.66. The number of hydrogen-bond donors (Lipinski definition) is 1. The molecule has 1 aromatic heterocycles. The van der Waals surface area contributed by atoms with Crippen molar-refractivity contribution >= 4 is 23.6 Å². The Morgan fingerprint density at radius 3 is 2.60 bits per heavy atom. The number of nitro groups is 1. The van der Waals surface area contributed by atoms with Crippen LogP contribution in [-0.2, 0) is 4.79 Å². The molecule has 0 aliphatic heterocycles. The molecule has 7 heteroatoms. The smallest absolute Gasteiger partial charge is 0.276 e. The van der Waals surface area contributed by atoms with Gasteiger partial charge in [-0.15, -0.1) is 0 Å². The maximum atomic E-state index is 11.6. The number of nitro benzene ring substituents is 1. The summed E-state index contributed by atoms with van der Waals surface area (Å²) in [5, 5.41) is 13.3. The standard InChI is InChI=1S/C13H10N4O3/c18-12(16-13-14-8-3-9-15-13)7-6-10-4-1-2-5-11(10)17(19)20/h1-9H,(H,14,15,16,18)/b7-6+. The maximum Gasteiger partial charge on any atom is 0.276 e. The largest absolute Gasteiger partial charge is 0.291 e. The first kappa shape index (κ1) is 13.3. The van der Waals surface area contributed by atoms with Crippen LogP contribution in [0.5, 0.6) is 0 Å². The van der Waals surface area contributed by atoms with Gasteiger partial charge in [0.25, 0.3) is 11.6 Å². The number of nitrogens with zero attached hydrogens (tertiary/aromatic N) is 3. The van der Waals surface area contributed by atoms with Gasteiger partial charge in [0.05, 0.1) is 10.5 Å². The number of benzene rings is 1. The van der Waals surface area contributed by atoms with Crippen molar-refractivity contribution in [2.24, 2.45) is 0 Å². The molecule has 100 valence electrons. The van der Waals surface area contributed by atoms with E-state index in [-0.39, 0.29) is 11.6 Å². The first-order valence-electron chi connectivity index (χ1n) is 5.66. The average molecular weight is 270 g/mol. The molecule has 20 heavy (non-hydrogen) atoms. The minimum absolute atomic E-state index is 0.0625. The van der Waals surface area contributed by atoms with Crippen LogP contribution in [-0.4, -0.2) is 20.8 Å². The van der Waals surface area contributed by atoms with Gasteiger partial charge < -0.3 is 0 Å². The Labute approximate surface area is 114 Å². The van der Waals surface area contributed by atoms with Gasteiger partial charge in [0, 0.05) is 24.5 Å². The molecule has 1 heterocycles. The topological polar surface area (TPSA) is 98.0 Å². The fraction of sp³-hybridized carbons (Fsp3) is 0. The molecule has 0 bridgehead atoms. The quantitative estimate of drug-likeness (QED) is 0.520. The van der Waals surface area contributed by atoms with Gasteiger partial charge in [0.2, 0.25) is 5.95 Å². The molecule has 0 radical (unpaired) electrons. The van der Waals surface area contributed by atoms with Crippen LogP contribution in [0.2, 0.25) is 0 Å². The minimum atomic E-state index is -0.502. The first-order chi connectivity index (χ1) is 9.66. The second-order valence-corrected chi connectivity index (χ2v) is 3.71. The Kier molecular flexibility index (Phi) is 4.13. The third kappa shape index (κ3) is 3.45. The SMILES string of the molecule is O=C(/C=C/c1ccccc1[N+](=O)[O-])Nc1ncccn1. The van der Waals surface area contributed by atoms with Crippen LogP contribution < -0.4 is 5.32 Å². The molecule has 0 unspecified atom stereocenters. The average Bonchev–Trinajstić information content (AvgIpc) is 2.46. The minimum Gasteiger partial charge on any atom is -0.291 e. The van der Waals surface area contributed by atoms with Gasteiger partial charge in [0.15, 0.2) is 0 Å². The summed E-state index contributed by atoms with van der Waals surface area (Å²) in [5.41, 5.74) is 0.286. The summed E-state index contributed by atoms with van der Waals surface area (Å²) in [6.45, 7) is 0. The summed E-state index contributed by atoms with van der Waals surface area (Å²) >= 11 is 0. The predicted octanol–water partition coefficient (Wildman–Crippen LogP) is 2.04. The van der Waals surface area contributed by atoms with Crippen LogP contribution in [0.1, 0.15) is 5.56 Å². The summed E-state index contributed by atoms with van der Waals surface area (Å²) < 4.78 is 0. The molecule has 2 aromatic rings. The Morgan fingerprint density at radius 2 is 1.90 bits per heavy atom. The lowest BCUT2D eigenvalue weighted by Gasteiger charge is -1.99. The van der Waals surface area contributed by atoms with Crippen molar-refractivity contribution in [2.45, 2.75) is 0 Å². The highest BCUT2D eigenvalue weighted by Crippen LogP contribution is 2.18. The van der Waals surface area contributed by atoms with Gasteiger partial charge in [-0.05, 0) is 18.2 Å². The van der Waals surface area contributed by atoms with Crippen LogP contribution in [0.25, 0.3) is 6.08 Å². The molecule has 0 aliphatic rings. The number of carbonyl (C=O) groups is 1. The van der Waals surface area contributed by atoms with Crippen molar-refractivity contribution in [2.75, 3.05) is 5.32 Å². The van der Waals surface area contributed by atoms with Crippen LogP contribution in [0.3, 0.4) is 0 Å². The summed E-state index contributed by atoms with van der Waals surface area (Å²) in [6, 6.07) is 7.77. The molecule has 1 N–H and O–H groups in total. The number of hydrogen-bond acceptors (Lipinski definition) is 5. The molecule has 1 aromatic carbocycles.